The molecule has 8 nitrogen and oxygen atoms in total. The number of nitrogens with zero attached hydrogens (tertiary/aromatic N) is 1. The normalized spacial score (nSPS) is 11.0. The molecule has 3 rings (SSSR count). The molecular weight excluding hydrogens is 413 g/mol. The fourth-order valence-corrected chi connectivity index (χ4v) is 4.03. The molecule has 2 N–H and O–H groups in total. The zero-order valence-corrected chi connectivity index (χ0v) is 16.6. The summed E-state index contributed by atoms with van der Waals surface area (Å²) in [5.74, 6) is -0.171. The first-order valence-corrected chi connectivity index (χ1v) is 10.2. The van der Waals surface area contributed by atoms with Crippen molar-refractivity contribution in [3.63, 3.8) is 0 Å². The molecule has 0 aliphatic heterocycles. The summed E-state index contributed by atoms with van der Waals surface area (Å²) in [5, 5.41) is 14.0. The van der Waals surface area contributed by atoms with Gasteiger partial charge in [0.25, 0.3) is 15.7 Å². The summed E-state index contributed by atoms with van der Waals surface area (Å²) in [5.41, 5.74) is 0.182. The number of hydrogen-bond acceptors (Lipinski definition) is 6. The molecule has 0 heterocycles. The molecule has 0 atom stereocenters. The van der Waals surface area contributed by atoms with Gasteiger partial charge in [-0.25, -0.2) is 12.8 Å². The second-order valence-corrected chi connectivity index (χ2v) is 7.84. The first-order chi connectivity index (χ1) is 14.3. The molecule has 0 aromatic heterocycles. The minimum atomic E-state index is -4.24. The van der Waals surface area contributed by atoms with Crippen LogP contribution in [0.25, 0.3) is 0 Å². The van der Waals surface area contributed by atoms with Crippen LogP contribution in [-0.4, -0.2) is 20.5 Å². The quantitative estimate of drug-likeness (QED) is 0.409. The van der Waals surface area contributed by atoms with Gasteiger partial charge in [0, 0.05) is 24.2 Å². The van der Waals surface area contributed by atoms with Crippen LogP contribution in [0.2, 0.25) is 0 Å². The summed E-state index contributed by atoms with van der Waals surface area (Å²) < 4.78 is 47.5. The molecule has 0 unspecified atom stereocenters. The predicted molar refractivity (Wildman–Crippen MR) is 111 cm³/mol. The highest BCUT2D eigenvalue weighted by atomic mass is 32.2. The molecule has 0 aliphatic carbocycles. The minimum absolute atomic E-state index is 0.0122. The van der Waals surface area contributed by atoms with Crippen molar-refractivity contribution in [2.24, 2.45) is 0 Å². The van der Waals surface area contributed by atoms with Crippen molar-refractivity contribution in [2.75, 3.05) is 17.1 Å². The van der Waals surface area contributed by atoms with E-state index in [-0.39, 0.29) is 28.6 Å². The number of nitro groups is 1. The summed E-state index contributed by atoms with van der Waals surface area (Å²) in [6.07, 6.45) is 0. The van der Waals surface area contributed by atoms with Crippen LogP contribution in [-0.2, 0) is 16.6 Å². The third-order valence-corrected chi connectivity index (χ3v) is 5.65. The SMILES string of the molecule is COc1ccccc1NS(=O)(=O)c1cc([N+](=O)[O-])ccc1NCc1ccccc1F. The largest absolute Gasteiger partial charge is 0.495 e. The Morgan fingerprint density at radius 3 is 2.43 bits per heavy atom. The standard InChI is InChI=1S/C20H18FN3O5S/c1-29-19-9-5-4-8-17(19)23-30(27,28)20-12-15(24(25)26)10-11-18(20)22-13-14-6-2-3-7-16(14)21/h2-12,22-23H,13H2,1H3. The van der Waals surface area contributed by atoms with E-state index in [1.165, 1.54) is 37.4 Å². The molecule has 10 heteroatoms. The van der Waals surface area contributed by atoms with Gasteiger partial charge in [-0.1, -0.05) is 30.3 Å². The first-order valence-electron chi connectivity index (χ1n) is 8.73. The van der Waals surface area contributed by atoms with Crippen LogP contribution in [0, 0.1) is 15.9 Å². The third kappa shape index (κ3) is 4.66. The van der Waals surface area contributed by atoms with Gasteiger partial charge in [0.05, 0.1) is 23.4 Å². The molecule has 0 bridgehead atoms. The van der Waals surface area contributed by atoms with Crippen LogP contribution in [0.4, 0.5) is 21.5 Å². The Bertz CT molecular complexity index is 1180. The molecule has 30 heavy (non-hydrogen) atoms. The van der Waals surface area contributed by atoms with Crippen molar-refractivity contribution in [3.8, 4) is 5.75 Å². The van der Waals surface area contributed by atoms with Crippen molar-refractivity contribution in [1.29, 1.82) is 0 Å². The number of para-hydroxylation sites is 2. The third-order valence-electron chi connectivity index (χ3n) is 4.24. The number of rotatable bonds is 8. The average Bonchev–Trinajstić information content (AvgIpc) is 2.73. The van der Waals surface area contributed by atoms with Crippen LogP contribution in [0.3, 0.4) is 0 Å². The number of hydrogen-bond donors (Lipinski definition) is 2. The highest BCUT2D eigenvalue weighted by molar-refractivity contribution is 7.93. The molecule has 3 aromatic rings. The number of non-ortho nitro benzene ring substituents is 1. The number of halogens is 1. The predicted octanol–water partition coefficient (Wildman–Crippen LogP) is 4.16. The van der Waals surface area contributed by atoms with Gasteiger partial charge in [0.1, 0.15) is 16.5 Å². The summed E-state index contributed by atoms with van der Waals surface area (Å²) in [7, 11) is -2.85. The van der Waals surface area contributed by atoms with Gasteiger partial charge in [-0.05, 0) is 24.3 Å². The zero-order chi connectivity index (χ0) is 21.7. The molecule has 0 amide bonds. The summed E-state index contributed by atoms with van der Waals surface area (Å²) in [6, 6.07) is 15.8. The van der Waals surface area contributed by atoms with Gasteiger partial charge < -0.3 is 10.1 Å². The van der Waals surface area contributed by atoms with Crippen LogP contribution in [0.1, 0.15) is 5.56 Å². The summed E-state index contributed by atoms with van der Waals surface area (Å²) >= 11 is 0. The van der Waals surface area contributed by atoms with E-state index in [0.29, 0.717) is 5.56 Å². The Labute approximate surface area is 172 Å². The molecule has 0 spiro atoms. The van der Waals surface area contributed by atoms with Crippen LogP contribution < -0.4 is 14.8 Å². The van der Waals surface area contributed by atoms with E-state index in [9.17, 15) is 22.9 Å². The number of methoxy groups -OCH3 is 1. The number of nitro benzene ring substituents is 1. The van der Waals surface area contributed by atoms with Gasteiger partial charge in [-0.2, -0.15) is 0 Å². The van der Waals surface area contributed by atoms with Crippen molar-refractivity contribution < 1.29 is 22.5 Å². The lowest BCUT2D eigenvalue weighted by atomic mass is 10.2. The van der Waals surface area contributed by atoms with Gasteiger partial charge in [0.2, 0.25) is 0 Å². The van der Waals surface area contributed by atoms with Crippen LogP contribution >= 0.6 is 0 Å². The van der Waals surface area contributed by atoms with Crippen molar-refractivity contribution in [2.45, 2.75) is 11.4 Å². The molecule has 0 saturated carbocycles. The highest BCUT2D eigenvalue weighted by Gasteiger charge is 2.24. The first kappa shape index (κ1) is 21.1. The minimum Gasteiger partial charge on any atom is -0.495 e. The van der Waals surface area contributed by atoms with Crippen molar-refractivity contribution >= 4 is 27.1 Å². The number of sulfonamides is 1. The molecule has 156 valence electrons. The maximum absolute atomic E-state index is 13.9. The molecular formula is C20H18FN3O5S. The van der Waals surface area contributed by atoms with E-state index in [2.05, 4.69) is 10.0 Å². The van der Waals surface area contributed by atoms with Gasteiger partial charge in [-0.15, -0.1) is 0 Å². The van der Waals surface area contributed by atoms with Gasteiger partial charge in [0.15, 0.2) is 0 Å². The highest BCUT2D eigenvalue weighted by Crippen LogP contribution is 2.31. The lowest BCUT2D eigenvalue weighted by Gasteiger charge is -2.15. The van der Waals surface area contributed by atoms with E-state index >= 15 is 0 Å². The van der Waals surface area contributed by atoms with Gasteiger partial charge >= 0.3 is 0 Å². The second kappa shape index (κ2) is 8.78. The Balaban J connectivity index is 1.99. The van der Waals surface area contributed by atoms with Crippen molar-refractivity contribution in [3.05, 3.63) is 88.2 Å². The van der Waals surface area contributed by atoms with Gasteiger partial charge in [-0.3, -0.25) is 14.8 Å². The topological polar surface area (TPSA) is 111 Å². The van der Waals surface area contributed by atoms with Crippen molar-refractivity contribution in [1.82, 2.24) is 0 Å². The maximum Gasteiger partial charge on any atom is 0.270 e. The molecule has 0 aliphatic rings. The average molecular weight is 431 g/mol. The number of nitrogens with one attached hydrogen (secondary N) is 2. The molecule has 0 saturated heterocycles. The summed E-state index contributed by atoms with van der Waals surface area (Å²) in [4.78, 5) is 10.1. The Hall–Kier alpha value is -3.66. The fraction of sp³-hybridized carbons (Fsp3) is 0.100. The second-order valence-electron chi connectivity index (χ2n) is 6.19. The molecule has 3 aromatic carbocycles. The Kier molecular flexibility index (Phi) is 6.17. The summed E-state index contributed by atoms with van der Waals surface area (Å²) in [6.45, 7) is -0.0122. The number of ether oxygens (including phenoxy) is 1. The van der Waals surface area contributed by atoms with E-state index < -0.39 is 26.5 Å². The van der Waals surface area contributed by atoms with Crippen LogP contribution in [0.15, 0.2) is 71.6 Å². The van der Waals surface area contributed by atoms with Crippen LogP contribution in [0.5, 0.6) is 5.75 Å². The fourth-order valence-electron chi connectivity index (χ4n) is 2.75. The zero-order valence-electron chi connectivity index (χ0n) is 15.8. The van der Waals surface area contributed by atoms with E-state index in [4.69, 9.17) is 4.74 Å². The monoisotopic (exact) mass is 431 g/mol. The molecule has 0 fully saturated rings. The van der Waals surface area contributed by atoms with E-state index in [1.807, 2.05) is 0 Å². The Morgan fingerprint density at radius 2 is 1.73 bits per heavy atom. The lowest BCUT2D eigenvalue weighted by molar-refractivity contribution is -0.385. The van der Waals surface area contributed by atoms with E-state index in [0.717, 1.165) is 6.07 Å². The number of benzene rings is 3. The maximum atomic E-state index is 13.9. The molecule has 0 radical (unpaired) electrons. The number of anilines is 2. The smallest absolute Gasteiger partial charge is 0.270 e. The lowest BCUT2D eigenvalue weighted by Crippen LogP contribution is -2.16. The Morgan fingerprint density at radius 1 is 1.03 bits per heavy atom. The van der Waals surface area contributed by atoms with E-state index in [1.54, 1.807) is 30.3 Å².